The Morgan fingerprint density at radius 3 is 2.10 bits per heavy atom. The van der Waals surface area contributed by atoms with Gasteiger partial charge in [-0.25, -0.2) is 4.79 Å². The molecule has 398 valence electrons. The lowest BCUT2D eigenvalue weighted by Crippen LogP contribution is -2.71. The van der Waals surface area contributed by atoms with Crippen LogP contribution in [0.15, 0.2) is 11.6 Å². The minimum atomic E-state index is -1.67. The van der Waals surface area contributed by atoms with Gasteiger partial charge >= 0.3 is 11.9 Å². The van der Waals surface area contributed by atoms with E-state index >= 15 is 0 Å². The predicted molar refractivity (Wildman–Crippen MR) is 244 cm³/mol. The van der Waals surface area contributed by atoms with Crippen molar-refractivity contribution >= 4 is 17.7 Å². The van der Waals surface area contributed by atoms with Crippen molar-refractivity contribution < 1.29 is 92.0 Å². The highest BCUT2D eigenvalue weighted by atomic mass is 16.8. The van der Waals surface area contributed by atoms with E-state index in [9.17, 15) is 39.9 Å². The van der Waals surface area contributed by atoms with Crippen molar-refractivity contribution in [3.63, 3.8) is 0 Å². The van der Waals surface area contributed by atoms with Gasteiger partial charge in [0.25, 0.3) is 0 Å². The second-order valence-electron chi connectivity index (χ2n) is 22.1. The van der Waals surface area contributed by atoms with Crippen LogP contribution in [0.3, 0.4) is 0 Å². The first-order chi connectivity index (χ1) is 33.1. The van der Waals surface area contributed by atoms with Gasteiger partial charge in [-0.15, -0.1) is 0 Å². The molecule has 25 atom stereocenters. The largest absolute Gasteiger partial charge is 0.457 e. The molecular formula is C51H80O19. The number of allylic oxidation sites excluding steroid dienone is 1. The highest BCUT2D eigenvalue weighted by molar-refractivity contribution is 5.88. The van der Waals surface area contributed by atoms with Crippen molar-refractivity contribution in [1.29, 1.82) is 0 Å². The van der Waals surface area contributed by atoms with Gasteiger partial charge in [0.2, 0.25) is 0 Å². The number of carbonyl (C=O) groups excluding carboxylic acids is 3. The first kappa shape index (κ1) is 54.1. The summed E-state index contributed by atoms with van der Waals surface area (Å²) in [5, 5.41) is 52.4. The second-order valence-corrected chi connectivity index (χ2v) is 22.1. The predicted octanol–water partition coefficient (Wildman–Crippen LogP) is 2.79. The summed E-state index contributed by atoms with van der Waals surface area (Å²) < 4.78 is 69.6. The highest BCUT2D eigenvalue weighted by Crippen LogP contribution is 2.81. The van der Waals surface area contributed by atoms with Crippen LogP contribution in [-0.4, -0.2) is 180 Å². The summed E-state index contributed by atoms with van der Waals surface area (Å²) in [7, 11) is 2.95. The van der Waals surface area contributed by atoms with E-state index in [1.165, 1.54) is 7.11 Å². The van der Waals surface area contributed by atoms with Crippen molar-refractivity contribution in [2.24, 2.45) is 34.5 Å². The number of carbonyl (C=O) groups is 3. The lowest BCUT2D eigenvalue weighted by Gasteiger charge is -2.61. The monoisotopic (exact) mass is 997 g/mol. The topological polar surface area (TPSA) is 257 Å². The van der Waals surface area contributed by atoms with Crippen LogP contribution in [0.1, 0.15) is 120 Å². The van der Waals surface area contributed by atoms with Crippen LogP contribution in [0, 0.1) is 34.5 Å². The minimum Gasteiger partial charge on any atom is -0.457 e. The molecule has 8 fully saturated rings. The zero-order chi connectivity index (χ0) is 51.0. The summed E-state index contributed by atoms with van der Waals surface area (Å²) in [5.74, 6) is -1.88. The number of esters is 2. The van der Waals surface area contributed by atoms with Gasteiger partial charge in [0.15, 0.2) is 18.9 Å². The Labute approximate surface area is 411 Å². The van der Waals surface area contributed by atoms with Crippen molar-refractivity contribution in [2.45, 2.75) is 236 Å². The summed E-state index contributed by atoms with van der Waals surface area (Å²) in [4.78, 5) is 41.4. The molecule has 8 aliphatic rings. The molecule has 5 N–H and O–H groups in total. The quantitative estimate of drug-likeness (QED) is 0.0684. The van der Waals surface area contributed by atoms with Gasteiger partial charge in [0, 0.05) is 43.5 Å². The number of rotatable bonds is 15. The van der Waals surface area contributed by atoms with E-state index in [-0.39, 0.29) is 29.7 Å². The highest BCUT2D eigenvalue weighted by Gasteiger charge is 2.91. The van der Waals surface area contributed by atoms with Crippen molar-refractivity contribution in [2.75, 3.05) is 20.8 Å². The van der Waals surface area contributed by atoms with Crippen LogP contribution >= 0.6 is 0 Å². The van der Waals surface area contributed by atoms with E-state index in [0.29, 0.717) is 56.9 Å². The van der Waals surface area contributed by atoms with Crippen LogP contribution in [0.25, 0.3) is 0 Å². The van der Waals surface area contributed by atoms with Crippen molar-refractivity contribution in [3.05, 3.63) is 11.6 Å². The van der Waals surface area contributed by atoms with E-state index in [1.54, 1.807) is 40.9 Å². The van der Waals surface area contributed by atoms with Crippen LogP contribution in [0.2, 0.25) is 0 Å². The minimum absolute atomic E-state index is 0.0127. The first-order valence-electron chi connectivity index (χ1n) is 25.7. The molecule has 0 aromatic heterocycles. The third-order valence-corrected chi connectivity index (χ3v) is 18.6. The summed E-state index contributed by atoms with van der Waals surface area (Å²) in [6.07, 6.45) is -10.1. The SMILES string of the molecule is C/C=C(\C)C(=O)OC1C2C3(C)CC[C@H](O[C@H]4C[C@H](OC)[C@H](O[C@@H]5O[C@H](C)[C@@H](O[C@@H]6O[C@H](CO)[C@@H](O)[C@H](O)[C@H]6O)[C@@H](OC)[C@H]5O)[C@@H](C)O4)CC3CCC23OC32CCC(C(C)=O)C2(C)C1OC(=O)C(C)CC. The Balaban J connectivity index is 0.960. The van der Waals surface area contributed by atoms with E-state index < -0.39 is 145 Å². The molecule has 0 bridgehead atoms. The Morgan fingerprint density at radius 2 is 1.46 bits per heavy atom. The number of hydrogen-bond acceptors (Lipinski definition) is 19. The van der Waals surface area contributed by atoms with Crippen LogP contribution < -0.4 is 0 Å². The number of fused-ring (bicyclic) bond motifs is 2. The van der Waals surface area contributed by atoms with E-state index in [4.69, 9.17) is 52.1 Å². The number of aliphatic hydroxyl groups is 5. The van der Waals surface area contributed by atoms with Crippen LogP contribution in [-0.2, 0) is 66.5 Å². The van der Waals surface area contributed by atoms with Crippen molar-refractivity contribution in [3.8, 4) is 0 Å². The van der Waals surface area contributed by atoms with Gasteiger partial charge in [-0.3, -0.25) is 9.59 Å². The molecule has 0 radical (unpaired) electrons. The molecule has 0 aromatic carbocycles. The third-order valence-electron chi connectivity index (χ3n) is 18.6. The molecule has 0 amide bonds. The number of ketones is 1. The van der Waals surface area contributed by atoms with Gasteiger partial charge in [-0.1, -0.05) is 33.8 Å². The first-order valence-corrected chi connectivity index (χ1v) is 25.7. The third kappa shape index (κ3) is 8.74. The standard InChI is InChI=1S/C51H80O19/c1-12-23(3)44(58)66-41-42-48(8)17-15-29(20-28(48)14-18-50(42)51(70-50)19-16-30(25(5)53)49(51,9)43(41)69-45(59)24(4)13-2)64-33-21-31(60-10)38(26(6)62-33)67-47-37(57)40(61-11)39(27(7)63-47)68-46-36(56)35(55)34(54)32(22-52)65-46/h12,24,26-43,46-47,52,54-57H,13-22H2,1-11H3/b23-12+/t24?,26-,27-,28?,29+,30?,31+,32-,33+,34-,35+,36-,37-,38-,39-,40+,41?,42?,43?,46+,47+,48?,49?,50?,51?/m1/s1. The molecule has 19 nitrogen and oxygen atoms in total. The maximum atomic E-state index is 13.9. The number of aliphatic hydroxyl groups excluding tert-OH is 5. The smallest absolute Gasteiger partial charge is 0.333 e. The van der Waals surface area contributed by atoms with Gasteiger partial charge in [-0.05, 0) is 97.3 Å². The van der Waals surface area contributed by atoms with Crippen molar-refractivity contribution in [1.82, 2.24) is 0 Å². The fourth-order valence-electron chi connectivity index (χ4n) is 14.4. The number of epoxide rings is 1. The average molecular weight is 997 g/mol. The zero-order valence-corrected chi connectivity index (χ0v) is 42.7. The van der Waals surface area contributed by atoms with E-state index in [1.807, 2.05) is 27.7 Å². The number of Topliss-reactive ketones (excluding diaryl/α,β-unsaturated/α-hetero) is 1. The number of hydrogen-bond donors (Lipinski definition) is 5. The molecule has 4 heterocycles. The van der Waals surface area contributed by atoms with Gasteiger partial charge in [-0.2, -0.15) is 0 Å². The summed E-state index contributed by atoms with van der Waals surface area (Å²) in [6.45, 7) is 16.0. The number of ether oxygens (including phenoxy) is 11. The van der Waals surface area contributed by atoms with Gasteiger partial charge < -0.3 is 77.6 Å². The van der Waals surface area contributed by atoms with Crippen LogP contribution in [0.5, 0.6) is 0 Å². The Morgan fingerprint density at radius 1 is 0.771 bits per heavy atom. The molecule has 4 aliphatic heterocycles. The maximum absolute atomic E-state index is 13.9. The molecule has 8 rings (SSSR count). The molecule has 4 aliphatic carbocycles. The van der Waals surface area contributed by atoms with Gasteiger partial charge in [0.1, 0.15) is 78.0 Å². The molecule has 0 aromatic rings. The fourth-order valence-corrected chi connectivity index (χ4v) is 14.4. The molecule has 19 heteroatoms. The zero-order valence-electron chi connectivity index (χ0n) is 42.7. The van der Waals surface area contributed by atoms with Crippen LogP contribution in [0.4, 0.5) is 0 Å². The second kappa shape index (κ2) is 20.5. The molecule has 4 saturated carbocycles. The fraction of sp³-hybridized carbons (Fsp3) is 0.902. The molecule has 2 spiro atoms. The Kier molecular flexibility index (Phi) is 15.8. The lowest BCUT2D eigenvalue weighted by atomic mass is 9.43. The maximum Gasteiger partial charge on any atom is 0.333 e. The average Bonchev–Trinajstić information content (AvgIpc) is 3.88. The Hall–Kier alpha value is -2.21. The van der Waals surface area contributed by atoms with E-state index in [2.05, 4.69) is 6.92 Å². The number of methoxy groups -OCH3 is 2. The molecule has 4 saturated heterocycles. The van der Waals surface area contributed by atoms with Gasteiger partial charge in [0.05, 0.1) is 36.9 Å². The summed E-state index contributed by atoms with van der Waals surface area (Å²) in [6, 6.07) is 0. The lowest BCUT2D eigenvalue weighted by molar-refractivity contribution is -0.371. The normalized spacial score (nSPS) is 50.4. The summed E-state index contributed by atoms with van der Waals surface area (Å²) >= 11 is 0. The molecule has 70 heavy (non-hydrogen) atoms. The molecular weight excluding hydrogens is 917 g/mol. The Bertz CT molecular complexity index is 1930. The summed E-state index contributed by atoms with van der Waals surface area (Å²) in [5.41, 5.74) is -2.28. The van der Waals surface area contributed by atoms with E-state index in [0.717, 1.165) is 6.42 Å². The molecule has 10 unspecified atom stereocenters.